The van der Waals surface area contributed by atoms with E-state index < -0.39 is 9.84 Å². The summed E-state index contributed by atoms with van der Waals surface area (Å²) in [6.45, 7) is 7.97. The van der Waals surface area contributed by atoms with Crippen LogP contribution in [0.3, 0.4) is 0 Å². The number of thioether (sulfide) groups is 1. The molecule has 4 rings (SSSR count). The third-order valence-corrected chi connectivity index (χ3v) is 8.46. The van der Waals surface area contributed by atoms with E-state index in [1.807, 2.05) is 32.0 Å². The molecule has 11 heteroatoms. The molecule has 0 spiro atoms. The van der Waals surface area contributed by atoms with Gasteiger partial charge in [-0.05, 0) is 43.7 Å². The van der Waals surface area contributed by atoms with Gasteiger partial charge >= 0.3 is 0 Å². The highest BCUT2D eigenvalue weighted by molar-refractivity contribution is 7.99. The molecule has 0 atom stereocenters. The molecule has 0 unspecified atom stereocenters. The Kier molecular flexibility index (Phi) is 7.15. The maximum absolute atomic E-state index is 12.9. The number of allylic oxidation sites excluding steroid dienone is 1. The van der Waals surface area contributed by atoms with Crippen molar-refractivity contribution < 1.29 is 13.2 Å². The summed E-state index contributed by atoms with van der Waals surface area (Å²) in [4.78, 5) is 17.2. The Morgan fingerprint density at radius 1 is 1.15 bits per heavy atom. The molecule has 0 aliphatic rings. The number of thiazole rings is 1. The number of benzene rings is 2. The number of hydrogen-bond donors (Lipinski definition) is 1. The van der Waals surface area contributed by atoms with Gasteiger partial charge in [0, 0.05) is 6.54 Å². The smallest absolute Gasteiger partial charge is 0.236 e. The van der Waals surface area contributed by atoms with Gasteiger partial charge in [0.2, 0.25) is 5.91 Å². The number of aromatic nitrogens is 4. The molecule has 0 fully saturated rings. The normalized spacial score (nSPS) is 11.6. The molecule has 176 valence electrons. The number of aryl methyl sites for hydroxylation is 2. The number of amides is 1. The Morgan fingerprint density at radius 3 is 2.62 bits per heavy atom. The van der Waals surface area contributed by atoms with Crippen LogP contribution >= 0.6 is 23.1 Å². The molecule has 1 amide bonds. The first-order chi connectivity index (χ1) is 16.2. The van der Waals surface area contributed by atoms with Crippen molar-refractivity contribution in [2.45, 2.75) is 36.2 Å². The molecular formula is C23H23N5O3S3. The summed E-state index contributed by atoms with van der Waals surface area (Å²) in [5.41, 5.74) is 2.95. The van der Waals surface area contributed by atoms with Crippen molar-refractivity contribution in [2.75, 3.05) is 11.1 Å². The van der Waals surface area contributed by atoms with Gasteiger partial charge in [0.15, 0.2) is 20.1 Å². The van der Waals surface area contributed by atoms with Gasteiger partial charge in [-0.2, -0.15) is 0 Å². The van der Waals surface area contributed by atoms with E-state index in [0.29, 0.717) is 22.7 Å². The summed E-state index contributed by atoms with van der Waals surface area (Å²) < 4.78 is 28.4. The number of anilines is 1. The van der Waals surface area contributed by atoms with Gasteiger partial charge in [-0.1, -0.05) is 52.9 Å². The van der Waals surface area contributed by atoms with Gasteiger partial charge < -0.3 is 9.88 Å². The lowest BCUT2D eigenvalue weighted by Crippen LogP contribution is -2.15. The van der Waals surface area contributed by atoms with Gasteiger partial charge in [-0.3, -0.25) is 4.79 Å². The monoisotopic (exact) mass is 513 g/mol. The topological polar surface area (TPSA) is 107 Å². The Bertz CT molecular complexity index is 1460. The van der Waals surface area contributed by atoms with Crippen LogP contribution in [0.25, 0.3) is 10.2 Å². The highest BCUT2D eigenvalue weighted by Gasteiger charge is 2.22. The second-order valence-electron chi connectivity index (χ2n) is 7.70. The number of nitrogens with one attached hydrogen (secondary N) is 1. The molecule has 34 heavy (non-hydrogen) atoms. The van der Waals surface area contributed by atoms with Crippen molar-refractivity contribution in [2.24, 2.45) is 0 Å². The molecule has 2 heterocycles. The lowest BCUT2D eigenvalue weighted by atomic mass is 10.2. The van der Waals surface area contributed by atoms with E-state index in [1.165, 1.54) is 23.1 Å². The minimum Gasteiger partial charge on any atom is -0.301 e. The van der Waals surface area contributed by atoms with Gasteiger partial charge in [0.1, 0.15) is 11.6 Å². The first kappa shape index (κ1) is 24.1. The minimum absolute atomic E-state index is 0.0783. The highest BCUT2D eigenvalue weighted by atomic mass is 32.2. The van der Waals surface area contributed by atoms with E-state index in [4.69, 9.17) is 0 Å². The minimum atomic E-state index is -3.60. The molecule has 0 bridgehead atoms. The Hall–Kier alpha value is -3.02. The maximum Gasteiger partial charge on any atom is 0.236 e. The van der Waals surface area contributed by atoms with E-state index in [2.05, 4.69) is 27.1 Å². The third-order valence-electron chi connectivity index (χ3n) is 4.93. The molecule has 2 aromatic carbocycles. The van der Waals surface area contributed by atoms with Crippen LogP contribution in [0.5, 0.6) is 0 Å². The molecule has 2 aromatic heterocycles. The lowest BCUT2D eigenvalue weighted by molar-refractivity contribution is -0.113. The summed E-state index contributed by atoms with van der Waals surface area (Å²) in [7, 11) is -3.60. The zero-order valence-electron chi connectivity index (χ0n) is 18.7. The van der Waals surface area contributed by atoms with Crippen molar-refractivity contribution in [1.82, 2.24) is 19.7 Å². The van der Waals surface area contributed by atoms with Crippen LogP contribution in [0, 0.1) is 13.8 Å². The average Bonchev–Trinajstić information content (AvgIpc) is 3.35. The predicted octanol–water partition coefficient (Wildman–Crippen LogP) is 4.40. The summed E-state index contributed by atoms with van der Waals surface area (Å²) in [5, 5.41) is 12.0. The number of nitrogens with zero attached hydrogens (tertiary/aromatic N) is 4. The molecule has 0 saturated carbocycles. The van der Waals surface area contributed by atoms with E-state index in [9.17, 15) is 13.2 Å². The fourth-order valence-corrected chi connectivity index (χ4v) is 6.23. The fraction of sp³-hybridized carbons (Fsp3) is 0.217. The lowest BCUT2D eigenvalue weighted by Gasteiger charge is -2.08. The van der Waals surface area contributed by atoms with E-state index in [0.717, 1.165) is 21.3 Å². The van der Waals surface area contributed by atoms with Crippen LogP contribution in [-0.2, 0) is 26.9 Å². The van der Waals surface area contributed by atoms with Crippen molar-refractivity contribution in [3.63, 3.8) is 0 Å². The molecule has 4 aromatic rings. The zero-order chi connectivity index (χ0) is 24.3. The number of carbonyl (C=O) groups excluding carboxylic acids is 1. The van der Waals surface area contributed by atoms with Gasteiger partial charge in [0.25, 0.3) is 0 Å². The molecule has 0 radical (unpaired) electrons. The molecular weight excluding hydrogens is 490 g/mol. The summed E-state index contributed by atoms with van der Waals surface area (Å²) in [6.07, 6.45) is 1.64. The Labute approximate surface area is 206 Å². The average molecular weight is 514 g/mol. The molecule has 0 aliphatic carbocycles. The zero-order valence-corrected chi connectivity index (χ0v) is 21.1. The van der Waals surface area contributed by atoms with Crippen LogP contribution < -0.4 is 5.32 Å². The standard InChI is InChI=1S/C23H23N5O3S3/c1-4-11-28-20(14-34(30,31)17-8-5-15(2)6-9-17)26-27-23(28)32-13-21(29)25-22-24-18-10-7-16(3)12-19(18)33-22/h4-10,12H,1,11,13-14H2,2-3H3,(H,24,25,29). The van der Waals surface area contributed by atoms with Crippen molar-refractivity contribution in [3.05, 3.63) is 72.1 Å². The first-order valence-corrected chi connectivity index (χ1v) is 13.8. The SMILES string of the molecule is C=CCn1c(CS(=O)(=O)c2ccc(C)cc2)nnc1SCC(=O)Nc1nc2ccc(C)cc2s1. The van der Waals surface area contributed by atoms with Gasteiger partial charge in [-0.15, -0.1) is 16.8 Å². The van der Waals surface area contributed by atoms with Crippen LogP contribution in [0.4, 0.5) is 5.13 Å². The van der Waals surface area contributed by atoms with Gasteiger partial charge in [0.05, 0.1) is 20.9 Å². The van der Waals surface area contributed by atoms with Crippen LogP contribution in [-0.4, -0.2) is 39.8 Å². The number of sulfone groups is 1. The summed E-state index contributed by atoms with van der Waals surface area (Å²) in [5.74, 6) is -0.156. The summed E-state index contributed by atoms with van der Waals surface area (Å²) in [6, 6.07) is 12.6. The van der Waals surface area contributed by atoms with Crippen LogP contribution in [0.15, 0.2) is 65.2 Å². The van der Waals surface area contributed by atoms with Crippen LogP contribution in [0.1, 0.15) is 17.0 Å². The number of hydrogen-bond acceptors (Lipinski definition) is 8. The Balaban J connectivity index is 1.45. The van der Waals surface area contributed by atoms with E-state index in [-0.39, 0.29) is 22.3 Å². The molecule has 8 nitrogen and oxygen atoms in total. The predicted molar refractivity (Wildman–Crippen MR) is 136 cm³/mol. The van der Waals surface area contributed by atoms with Crippen molar-refractivity contribution in [1.29, 1.82) is 0 Å². The maximum atomic E-state index is 12.9. The molecule has 0 aliphatic heterocycles. The van der Waals surface area contributed by atoms with E-state index >= 15 is 0 Å². The van der Waals surface area contributed by atoms with Crippen LogP contribution in [0.2, 0.25) is 0 Å². The highest BCUT2D eigenvalue weighted by Crippen LogP contribution is 2.27. The van der Waals surface area contributed by atoms with Gasteiger partial charge in [-0.25, -0.2) is 13.4 Å². The third kappa shape index (κ3) is 5.54. The Morgan fingerprint density at radius 2 is 1.88 bits per heavy atom. The van der Waals surface area contributed by atoms with Crippen molar-refractivity contribution in [3.8, 4) is 0 Å². The first-order valence-electron chi connectivity index (χ1n) is 10.4. The number of rotatable bonds is 9. The molecule has 0 saturated heterocycles. The number of fused-ring (bicyclic) bond motifs is 1. The largest absolute Gasteiger partial charge is 0.301 e. The fourth-order valence-electron chi connectivity index (χ4n) is 3.21. The summed E-state index contributed by atoms with van der Waals surface area (Å²) >= 11 is 2.60. The molecule has 1 N–H and O–H groups in total. The quantitative estimate of drug-likeness (QED) is 0.261. The second-order valence-corrected chi connectivity index (χ2v) is 11.7. The second kappa shape index (κ2) is 10.1. The van der Waals surface area contributed by atoms with E-state index in [1.54, 1.807) is 34.9 Å². The number of carbonyl (C=O) groups is 1. The van der Waals surface area contributed by atoms with Crippen molar-refractivity contribution >= 4 is 54.2 Å².